The van der Waals surface area contributed by atoms with E-state index in [-0.39, 0.29) is 12.5 Å². The first kappa shape index (κ1) is 26.0. The summed E-state index contributed by atoms with van der Waals surface area (Å²) in [6, 6.07) is 12.3. The van der Waals surface area contributed by atoms with Crippen molar-refractivity contribution in [1.82, 2.24) is 10.2 Å². The Kier molecular flexibility index (Phi) is 9.36. The summed E-state index contributed by atoms with van der Waals surface area (Å²) in [6.07, 6.45) is 1.77. The average Bonchev–Trinajstić information content (AvgIpc) is 2.74. The highest BCUT2D eigenvalue weighted by Gasteiger charge is 2.30. The minimum absolute atomic E-state index is 0.0158. The molecular formula is C22H27Cl2N3O4S. The third-order valence-corrected chi connectivity index (χ3v) is 6.52. The number of nitrogens with zero attached hydrogens (tertiary/aromatic N) is 2. The van der Waals surface area contributed by atoms with Crippen molar-refractivity contribution in [1.29, 1.82) is 0 Å². The Balaban J connectivity index is 2.38. The SMILES string of the molecule is CCCNC(=O)[C@@H](C)N(Cc1ccc(Cl)cc1Cl)C(=O)CN(c1ccccc1)S(C)(=O)=O. The van der Waals surface area contributed by atoms with Crippen LogP contribution in [0.4, 0.5) is 5.69 Å². The monoisotopic (exact) mass is 499 g/mol. The molecule has 0 unspecified atom stereocenters. The van der Waals surface area contributed by atoms with Crippen LogP contribution in [0.3, 0.4) is 0 Å². The van der Waals surface area contributed by atoms with Crippen molar-refractivity contribution in [3.05, 3.63) is 64.1 Å². The van der Waals surface area contributed by atoms with E-state index in [4.69, 9.17) is 23.2 Å². The van der Waals surface area contributed by atoms with Gasteiger partial charge in [0.2, 0.25) is 21.8 Å². The number of hydrogen-bond acceptors (Lipinski definition) is 4. The normalized spacial score (nSPS) is 12.2. The predicted octanol–water partition coefficient (Wildman–Crippen LogP) is 3.70. The number of amides is 2. The van der Waals surface area contributed by atoms with Gasteiger partial charge in [0.1, 0.15) is 12.6 Å². The zero-order valence-corrected chi connectivity index (χ0v) is 20.5. The van der Waals surface area contributed by atoms with Crippen molar-refractivity contribution in [2.75, 3.05) is 23.7 Å². The van der Waals surface area contributed by atoms with Gasteiger partial charge in [-0.25, -0.2) is 8.42 Å². The molecule has 32 heavy (non-hydrogen) atoms. The van der Waals surface area contributed by atoms with Crippen molar-refractivity contribution in [3.8, 4) is 0 Å². The lowest BCUT2D eigenvalue weighted by Crippen LogP contribution is -2.51. The fraction of sp³-hybridized carbons (Fsp3) is 0.364. The molecule has 0 spiro atoms. The summed E-state index contributed by atoms with van der Waals surface area (Å²) >= 11 is 12.3. The van der Waals surface area contributed by atoms with E-state index in [0.717, 1.165) is 17.0 Å². The fourth-order valence-corrected chi connectivity index (χ4v) is 4.34. The minimum Gasteiger partial charge on any atom is -0.354 e. The van der Waals surface area contributed by atoms with E-state index in [9.17, 15) is 18.0 Å². The molecule has 174 valence electrons. The molecule has 0 saturated heterocycles. The van der Waals surface area contributed by atoms with E-state index < -0.39 is 28.5 Å². The first-order valence-corrected chi connectivity index (χ1v) is 12.7. The fourth-order valence-electron chi connectivity index (χ4n) is 3.02. The van der Waals surface area contributed by atoms with Gasteiger partial charge in [-0.05, 0) is 43.2 Å². The number of benzene rings is 2. The lowest BCUT2D eigenvalue weighted by atomic mass is 10.1. The van der Waals surface area contributed by atoms with Crippen LogP contribution in [0.5, 0.6) is 0 Å². The van der Waals surface area contributed by atoms with E-state index in [1.165, 1.54) is 4.90 Å². The molecule has 0 heterocycles. The van der Waals surface area contributed by atoms with Gasteiger partial charge in [-0.1, -0.05) is 54.4 Å². The molecule has 2 aromatic carbocycles. The molecule has 1 atom stereocenters. The third-order valence-electron chi connectivity index (χ3n) is 4.80. The van der Waals surface area contributed by atoms with Gasteiger partial charge in [0, 0.05) is 23.1 Å². The Bertz CT molecular complexity index is 1050. The standard InChI is InChI=1S/C22H27Cl2N3O4S/c1-4-12-25-22(29)16(2)26(14-17-10-11-18(23)13-20(17)24)21(28)15-27(32(3,30)31)19-8-6-5-7-9-19/h5-11,13,16H,4,12,14-15H2,1-3H3,(H,25,29)/t16-/m1/s1. The Labute approximate surface area is 199 Å². The van der Waals surface area contributed by atoms with Gasteiger partial charge in [0.05, 0.1) is 11.9 Å². The largest absolute Gasteiger partial charge is 0.354 e. The molecule has 0 fully saturated rings. The van der Waals surface area contributed by atoms with Gasteiger partial charge >= 0.3 is 0 Å². The van der Waals surface area contributed by atoms with Crippen LogP contribution in [0, 0.1) is 0 Å². The van der Waals surface area contributed by atoms with Crippen LogP contribution in [-0.2, 0) is 26.2 Å². The Morgan fingerprint density at radius 2 is 1.75 bits per heavy atom. The van der Waals surface area contributed by atoms with Gasteiger partial charge in [-0.15, -0.1) is 0 Å². The summed E-state index contributed by atoms with van der Waals surface area (Å²) in [6.45, 7) is 3.54. The highest BCUT2D eigenvalue weighted by Crippen LogP contribution is 2.24. The van der Waals surface area contributed by atoms with Gasteiger partial charge in [-0.3, -0.25) is 13.9 Å². The van der Waals surface area contributed by atoms with E-state index in [0.29, 0.717) is 27.8 Å². The van der Waals surface area contributed by atoms with Crippen LogP contribution in [-0.4, -0.2) is 50.5 Å². The molecule has 0 aromatic heterocycles. The molecule has 2 rings (SSSR count). The molecule has 0 radical (unpaired) electrons. The van der Waals surface area contributed by atoms with E-state index >= 15 is 0 Å². The number of para-hydroxylation sites is 1. The van der Waals surface area contributed by atoms with E-state index in [1.807, 2.05) is 6.92 Å². The maximum atomic E-state index is 13.3. The average molecular weight is 500 g/mol. The molecular weight excluding hydrogens is 473 g/mol. The number of carbonyl (C=O) groups excluding carboxylic acids is 2. The summed E-state index contributed by atoms with van der Waals surface area (Å²) in [7, 11) is -3.75. The number of sulfonamides is 1. The van der Waals surface area contributed by atoms with Crippen LogP contribution < -0.4 is 9.62 Å². The first-order chi connectivity index (χ1) is 15.0. The molecule has 0 bridgehead atoms. The quantitative estimate of drug-likeness (QED) is 0.539. The van der Waals surface area contributed by atoms with Crippen molar-refractivity contribution in [2.45, 2.75) is 32.9 Å². The molecule has 0 saturated carbocycles. The molecule has 10 heteroatoms. The van der Waals surface area contributed by atoms with E-state index in [1.54, 1.807) is 55.5 Å². The molecule has 0 aliphatic rings. The lowest BCUT2D eigenvalue weighted by molar-refractivity contribution is -0.139. The molecule has 2 amide bonds. The van der Waals surface area contributed by atoms with Crippen molar-refractivity contribution < 1.29 is 18.0 Å². The minimum atomic E-state index is -3.75. The zero-order valence-electron chi connectivity index (χ0n) is 18.2. The van der Waals surface area contributed by atoms with Crippen molar-refractivity contribution >= 4 is 50.7 Å². The van der Waals surface area contributed by atoms with Gasteiger partial charge in [0.15, 0.2) is 0 Å². The molecule has 1 N–H and O–H groups in total. The van der Waals surface area contributed by atoms with Crippen molar-refractivity contribution in [3.63, 3.8) is 0 Å². The lowest BCUT2D eigenvalue weighted by Gasteiger charge is -2.31. The predicted molar refractivity (Wildman–Crippen MR) is 128 cm³/mol. The maximum Gasteiger partial charge on any atom is 0.244 e. The van der Waals surface area contributed by atoms with Crippen molar-refractivity contribution in [2.24, 2.45) is 0 Å². The van der Waals surface area contributed by atoms with Crippen LogP contribution in [0.1, 0.15) is 25.8 Å². The number of nitrogens with one attached hydrogen (secondary N) is 1. The second kappa shape index (κ2) is 11.5. The Hall–Kier alpha value is -2.29. The Morgan fingerprint density at radius 3 is 2.31 bits per heavy atom. The summed E-state index contributed by atoms with van der Waals surface area (Å²) in [5.41, 5.74) is 0.945. The van der Waals surface area contributed by atoms with Crippen LogP contribution >= 0.6 is 23.2 Å². The summed E-state index contributed by atoms with van der Waals surface area (Å²) in [5.74, 6) is -0.875. The number of anilines is 1. The van der Waals surface area contributed by atoms with Gasteiger partial charge in [-0.2, -0.15) is 0 Å². The third kappa shape index (κ3) is 7.12. The molecule has 0 aliphatic heterocycles. The highest BCUT2D eigenvalue weighted by atomic mass is 35.5. The highest BCUT2D eigenvalue weighted by molar-refractivity contribution is 7.92. The smallest absolute Gasteiger partial charge is 0.244 e. The summed E-state index contributed by atoms with van der Waals surface area (Å²) in [5, 5.41) is 3.56. The van der Waals surface area contributed by atoms with Gasteiger partial charge in [0.25, 0.3) is 0 Å². The number of hydrogen-bond donors (Lipinski definition) is 1. The maximum absolute atomic E-state index is 13.3. The van der Waals surface area contributed by atoms with Crippen LogP contribution in [0.15, 0.2) is 48.5 Å². The molecule has 2 aromatic rings. The number of rotatable bonds is 10. The van der Waals surface area contributed by atoms with Gasteiger partial charge < -0.3 is 10.2 Å². The number of halogens is 2. The second-order valence-electron chi connectivity index (χ2n) is 7.33. The first-order valence-electron chi connectivity index (χ1n) is 10.1. The summed E-state index contributed by atoms with van der Waals surface area (Å²) in [4.78, 5) is 27.3. The van der Waals surface area contributed by atoms with Crippen LogP contribution in [0.2, 0.25) is 10.0 Å². The number of carbonyl (C=O) groups is 2. The van der Waals surface area contributed by atoms with Crippen LogP contribution in [0.25, 0.3) is 0 Å². The molecule has 0 aliphatic carbocycles. The second-order valence-corrected chi connectivity index (χ2v) is 10.1. The van der Waals surface area contributed by atoms with E-state index in [2.05, 4.69) is 5.32 Å². The summed E-state index contributed by atoms with van der Waals surface area (Å²) < 4.78 is 25.9. The molecule has 7 nitrogen and oxygen atoms in total. The Morgan fingerprint density at radius 1 is 1.09 bits per heavy atom. The zero-order chi connectivity index (χ0) is 23.9. The topological polar surface area (TPSA) is 86.8 Å².